The number of aliphatic hydroxyl groups excluding tert-OH is 4. The van der Waals surface area contributed by atoms with Gasteiger partial charge in [0, 0.05) is 0 Å². The topological polar surface area (TPSA) is 110 Å². The predicted octanol–water partition coefficient (Wildman–Crippen LogP) is 15.5. The summed E-state index contributed by atoms with van der Waals surface area (Å²) >= 11 is 0. The Labute approximate surface area is 380 Å². The average Bonchev–Trinajstić information content (AvgIpc) is 3.26. The molecule has 0 aliphatic heterocycles. The molecule has 362 valence electrons. The van der Waals surface area contributed by atoms with Crippen LogP contribution in [0.25, 0.3) is 0 Å². The fourth-order valence-electron chi connectivity index (χ4n) is 8.58. The van der Waals surface area contributed by atoms with E-state index in [0.717, 1.165) is 38.5 Å². The lowest BCUT2D eigenvalue weighted by atomic mass is 10.00. The summed E-state index contributed by atoms with van der Waals surface area (Å²) in [5.41, 5.74) is 0. The summed E-state index contributed by atoms with van der Waals surface area (Å²) < 4.78 is 0. The highest BCUT2D eigenvalue weighted by Crippen LogP contribution is 2.17. The van der Waals surface area contributed by atoms with Gasteiger partial charge in [0.2, 0.25) is 5.91 Å². The molecule has 0 radical (unpaired) electrons. The lowest BCUT2D eigenvalue weighted by molar-refractivity contribution is -0.132. The Morgan fingerprint density at radius 2 is 0.672 bits per heavy atom. The maximum absolute atomic E-state index is 12.6. The molecule has 0 aromatic rings. The average molecular weight is 862 g/mol. The van der Waals surface area contributed by atoms with Crippen LogP contribution in [-0.2, 0) is 4.79 Å². The molecule has 1 amide bonds. The van der Waals surface area contributed by atoms with Crippen molar-refractivity contribution >= 4 is 5.91 Å². The summed E-state index contributed by atoms with van der Waals surface area (Å²) in [6.07, 6.45) is 59.7. The number of nitrogens with one attached hydrogen (secondary N) is 1. The molecule has 0 aromatic heterocycles. The van der Waals surface area contributed by atoms with E-state index in [1.165, 1.54) is 225 Å². The lowest BCUT2D eigenvalue weighted by Gasteiger charge is -2.27. The second-order valence-corrected chi connectivity index (χ2v) is 18.9. The van der Waals surface area contributed by atoms with Gasteiger partial charge in [-0.1, -0.05) is 250 Å². The summed E-state index contributed by atoms with van der Waals surface area (Å²) in [4.78, 5) is 12.6. The van der Waals surface area contributed by atoms with E-state index in [1.807, 2.05) is 0 Å². The van der Waals surface area contributed by atoms with Crippen LogP contribution in [0.15, 0.2) is 24.3 Å². The first-order valence-corrected chi connectivity index (χ1v) is 27.2. The first kappa shape index (κ1) is 59.8. The Kier molecular flexibility index (Phi) is 48.8. The van der Waals surface area contributed by atoms with Gasteiger partial charge in [-0.2, -0.15) is 0 Å². The summed E-state index contributed by atoms with van der Waals surface area (Å²) in [6, 6.07) is -1.000. The molecule has 0 aromatic carbocycles. The van der Waals surface area contributed by atoms with Crippen LogP contribution in [0.5, 0.6) is 0 Å². The number of aliphatic hydroxyl groups is 4. The Morgan fingerprint density at radius 1 is 0.393 bits per heavy atom. The molecule has 61 heavy (non-hydrogen) atoms. The third-order valence-corrected chi connectivity index (χ3v) is 12.9. The molecule has 0 spiro atoms. The molecule has 0 aliphatic carbocycles. The van der Waals surface area contributed by atoms with E-state index in [2.05, 4.69) is 43.5 Å². The van der Waals surface area contributed by atoms with E-state index in [1.54, 1.807) is 0 Å². The van der Waals surface area contributed by atoms with Crippen molar-refractivity contribution in [1.29, 1.82) is 0 Å². The number of allylic oxidation sites excluding steroid dienone is 4. The minimum atomic E-state index is -1.28. The number of amides is 1. The second kappa shape index (κ2) is 49.8. The number of carbonyl (C=O) groups is 1. The maximum Gasteiger partial charge on any atom is 0.249 e. The van der Waals surface area contributed by atoms with E-state index in [9.17, 15) is 25.2 Å². The predicted molar refractivity (Wildman–Crippen MR) is 265 cm³/mol. The van der Waals surface area contributed by atoms with Crippen molar-refractivity contribution in [2.45, 2.75) is 314 Å². The van der Waals surface area contributed by atoms with Crippen LogP contribution >= 0.6 is 0 Å². The summed E-state index contributed by atoms with van der Waals surface area (Å²) in [6.45, 7) is 4.06. The zero-order valence-electron chi connectivity index (χ0n) is 40.9. The van der Waals surface area contributed by atoms with Gasteiger partial charge in [-0.15, -0.1) is 0 Å². The number of unbranched alkanes of at least 4 members (excludes halogenated alkanes) is 37. The van der Waals surface area contributed by atoms with Crippen LogP contribution in [0.1, 0.15) is 290 Å². The van der Waals surface area contributed by atoms with Gasteiger partial charge in [-0.3, -0.25) is 4.79 Å². The van der Waals surface area contributed by atoms with Crippen molar-refractivity contribution in [3.05, 3.63) is 24.3 Å². The summed E-state index contributed by atoms with van der Waals surface area (Å²) in [7, 11) is 0. The molecule has 0 fully saturated rings. The molecule has 0 rings (SSSR count). The van der Waals surface area contributed by atoms with Crippen LogP contribution in [0.4, 0.5) is 0 Å². The molecule has 0 saturated heterocycles. The molecule has 0 saturated carbocycles. The fourth-order valence-corrected chi connectivity index (χ4v) is 8.58. The van der Waals surface area contributed by atoms with Crippen molar-refractivity contribution in [2.75, 3.05) is 6.61 Å². The van der Waals surface area contributed by atoms with Crippen molar-refractivity contribution < 1.29 is 25.2 Å². The standard InChI is InChI=1S/C55H107NO5/c1-3-5-7-9-11-13-15-17-19-20-21-22-23-24-25-26-27-28-29-30-31-32-33-34-35-37-39-41-43-45-47-49-53(59)55(61)56-51(50-57)54(60)52(58)48-46-44-42-40-38-36-18-16-14-12-10-8-6-4-2/h24-25,40,42,51-54,57-60H,3-23,26-39,41,43-50H2,1-2H3,(H,56,61)/b25-24-,42-40+. The fraction of sp³-hybridized carbons (Fsp3) is 0.909. The first-order valence-electron chi connectivity index (χ1n) is 27.2. The SMILES string of the molecule is CCCCCCCCCCC/C=C/CCCC(O)C(O)C(CO)NC(=O)C(O)CCCCCCCCCCCCCCCCC/C=C\CCCCCCCCCCCCCC. The summed E-state index contributed by atoms with van der Waals surface area (Å²) in [5.74, 6) is -0.590. The third kappa shape index (κ3) is 43.8. The normalized spacial score (nSPS) is 14.0. The zero-order valence-corrected chi connectivity index (χ0v) is 40.9. The highest BCUT2D eigenvalue weighted by molar-refractivity contribution is 5.80. The van der Waals surface area contributed by atoms with E-state index < -0.39 is 36.9 Å². The Hall–Kier alpha value is -1.21. The molecule has 4 unspecified atom stereocenters. The van der Waals surface area contributed by atoms with E-state index >= 15 is 0 Å². The van der Waals surface area contributed by atoms with Gasteiger partial charge in [0.15, 0.2) is 0 Å². The Bertz CT molecular complexity index is 924. The molecule has 4 atom stereocenters. The van der Waals surface area contributed by atoms with Crippen molar-refractivity contribution in [2.24, 2.45) is 0 Å². The maximum atomic E-state index is 12.6. The molecule has 0 aliphatic rings. The van der Waals surface area contributed by atoms with E-state index in [0.29, 0.717) is 12.8 Å². The zero-order chi connectivity index (χ0) is 44.5. The van der Waals surface area contributed by atoms with Gasteiger partial charge in [0.05, 0.1) is 18.8 Å². The number of rotatable bonds is 50. The smallest absolute Gasteiger partial charge is 0.249 e. The minimum absolute atomic E-state index is 0.366. The van der Waals surface area contributed by atoms with Gasteiger partial charge in [-0.05, 0) is 64.2 Å². The third-order valence-electron chi connectivity index (χ3n) is 12.9. The van der Waals surface area contributed by atoms with Crippen molar-refractivity contribution in [1.82, 2.24) is 5.32 Å². The van der Waals surface area contributed by atoms with Crippen LogP contribution in [0.3, 0.4) is 0 Å². The molecule has 6 heteroatoms. The molecule has 6 nitrogen and oxygen atoms in total. The van der Waals surface area contributed by atoms with Gasteiger partial charge in [-0.25, -0.2) is 0 Å². The Morgan fingerprint density at radius 3 is 0.984 bits per heavy atom. The monoisotopic (exact) mass is 862 g/mol. The summed E-state index contributed by atoms with van der Waals surface area (Å²) in [5, 5.41) is 43.8. The minimum Gasteiger partial charge on any atom is -0.394 e. The molecule has 5 N–H and O–H groups in total. The van der Waals surface area contributed by atoms with E-state index in [4.69, 9.17) is 0 Å². The quantitative estimate of drug-likeness (QED) is 0.0309. The van der Waals surface area contributed by atoms with Crippen LogP contribution < -0.4 is 5.32 Å². The van der Waals surface area contributed by atoms with Gasteiger partial charge in [0.1, 0.15) is 12.2 Å². The Balaban J connectivity index is 3.59. The van der Waals surface area contributed by atoms with Crippen molar-refractivity contribution in [3.8, 4) is 0 Å². The molecule has 0 heterocycles. The van der Waals surface area contributed by atoms with Crippen LogP contribution in [-0.4, -0.2) is 57.3 Å². The van der Waals surface area contributed by atoms with Crippen molar-refractivity contribution in [3.63, 3.8) is 0 Å². The molecular weight excluding hydrogens is 755 g/mol. The number of carbonyl (C=O) groups excluding carboxylic acids is 1. The highest BCUT2D eigenvalue weighted by atomic mass is 16.3. The largest absolute Gasteiger partial charge is 0.394 e. The van der Waals surface area contributed by atoms with E-state index in [-0.39, 0.29) is 0 Å². The highest BCUT2D eigenvalue weighted by Gasteiger charge is 2.28. The number of hydrogen-bond acceptors (Lipinski definition) is 5. The molecule has 0 bridgehead atoms. The van der Waals surface area contributed by atoms with Crippen LogP contribution in [0.2, 0.25) is 0 Å². The van der Waals surface area contributed by atoms with Crippen LogP contribution in [0, 0.1) is 0 Å². The number of hydrogen-bond donors (Lipinski definition) is 5. The molecular formula is C55H107NO5. The van der Waals surface area contributed by atoms with Gasteiger partial charge in [0.25, 0.3) is 0 Å². The second-order valence-electron chi connectivity index (χ2n) is 18.9. The van der Waals surface area contributed by atoms with Gasteiger partial charge >= 0.3 is 0 Å². The first-order chi connectivity index (χ1) is 30.0. The lowest BCUT2D eigenvalue weighted by Crippen LogP contribution is -2.53. The van der Waals surface area contributed by atoms with Gasteiger partial charge < -0.3 is 25.7 Å².